The van der Waals surface area contributed by atoms with E-state index in [0.29, 0.717) is 5.41 Å². The summed E-state index contributed by atoms with van der Waals surface area (Å²) in [5.41, 5.74) is 4.17. The van der Waals surface area contributed by atoms with Crippen molar-refractivity contribution in [2.24, 2.45) is 11.3 Å². The third-order valence-corrected chi connectivity index (χ3v) is 4.95. The number of hydrogen-bond acceptors (Lipinski definition) is 0. The number of halogens is 2. The largest absolute Gasteiger partial charge is 0.357 e. The highest BCUT2D eigenvalue weighted by atomic mass is 35.5. The van der Waals surface area contributed by atoms with Crippen LogP contribution in [-0.4, -0.2) is 4.98 Å². The third kappa shape index (κ3) is 2.28. The minimum absolute atomic E-state index is 0.351. The molecule has 0 radical (unpaired) electrons. The van der Waals surface area contributed by atoms with Gasteiger partial charge in [-0.15, -0.1) is 0 Å². The van der Waals surface area contributed by atoms with Crippen LogP contribution in [0.5, 0.6) is 0 Å². The zero-order valence-corrected chi connectivity index (χ0v) is 13.1. The molecule has 0 spiro atoms. The van der Waals surface area contributed by atoms with Crippen molar-refractivity contribution in [1.82, 2.24) is 4.98 Å². The standard InChI is InChI=1S/C16H19Cl2N/c1-16(2,3)9-4-5-14-11(6-9)12-7-10(17)8-13(18)15(12)19-14/h7-9,19H,4-6H2,1-3H3. The van der Waals surface area contributed by atoms with E-state index in [0.717, 1.165) is 34.3 Å². The van der Waals surface area contributed by atoms with Crippen LogP contribution in [-0.2, 0) is 12.8 Å². The van der Waals surface area contributed by atoms with Gasteiger partial charge in [-0.3, -0.25) is 0 Å². The summed E-state index contributed by atoms with van der Waals surface area (Å²) >= 11 is 12.4. The van der Waals surface area contributed by atoms with Gasteiger partial charge in [0.2, 0.25) is 0 Å². The Kier molecular flexibility index (Phi) is 3.11. The highest BCUT2D eigenvalue weighted by Crippen LogP contribution is 2.41. The van der Waals surface area contributed by atoms with Crippen LogP contribution < -0.4 is 0 Å². The first kappa shape index (κ1) is 13.3. The molecule has 1 atom stereocenters. The lowest BCUT2D eigenvalue weighted by atomic mass is 9.71. The van der Waals surface area contributed by atoms with Crippen molar-refractivity contribution >= 4 is 34.1 Å². The summed E-state index contributed by atoms with van der Waals surface area (Å²) in [6.07, 6.45) is 3.48. The second-order valence-corrected chi connectivity index (χ2v) is 7.54. The van der Waals surface area contributed by atoms with Crippen molar-refractivity contribution in [1.29, 1.82) is 0 Å². The van der Waals surface area contributed by atoms with Crippen molar-refractivity contribution in [2.45, 2.75) is 40.0 Å². The van der Waals surface area contributed by atoms with Crippen LogP contribution in [0.3, 0.4) is 0 Å². The Morgan fingerprint density at radius 2 is 1.95 bits per heavy atom. The van der Waals surface area contributed by atoms with E-state index in [4.69, 9.17) is 23.2 Å². The Hall–Kier alpha value is -0.660. The summed E-state index contributed by atoms with van der Waals surface area (Å²) in [5, 5.41) is 2.66. The molecule has 0 saturated carbocycles. The average Bonchev–Trinajstić information content (AvgIpc) is 2.66. The molecule has 0 bridgehead atoms. The van der Waals surface area contributed by atoms with E-state index in [1.807, 2.05) is 12.1 Å². The maximum Gasteiger partial charge on any atom is 0.0662 e. The molecule has 3 rings (SSSR count). The predicted octanol–water partition coefficient (Wildman–Crippen LogP) is 5.63. The summed E-state index contributed by atoms with van der Waals surface area (Å²) in [6.45, 7) is 6.99. The van der Waals surface area contributed by atoms with Gasteiger partial charge in [0.1, 0.15) is 0 Å². The average molecular weight is 296 g/mol. The zero-order valence-electron chi connectivity index (χ0n) is 11.6. The molecule has 1 unspecified atom stereocenters. The molecule has 1 N–H and O–H groups in total. The van der Waals surface area contributed by atoms with E-state index in [2.05, 4.69) is 25.8 Å². The molecule has 0 saturated heterocycles. The van der Waals surface area contributed by atoms with Crippen molar-refractivity contribution < 1.29 is 0 Å². The van der Waals surface area contributed by atoms with Crippen molar-refractivity contribution in [3.05, 3.63) is 33.4 Å². The maximum atomic E-state index is 6.29. The quantitative estimate of drug-likeness (QED) is 0.649. The van der Waals surface area contributed by atoms with Crippen LogP contribution in [0.1, 0.15) is 38.4 Å². The minimum Gasteiger partial charge on any atom is -0.357 e. The van der Waals surface area contributed by atoms with Crippen LogP contribution in [0.4, 0.5) is 0 Å². The van der Waals surface area contributed by atoms with E-state index in [1.54, 1.807) is 0 Å². The van der Waals surface area contributed by atoms with Gasteiger partial charge in [-0.05, 0) is 48.3 Å². The molecular weight excluding hydrogens is 277 g/mol. The molecule has 1 heterocycles. The van der Waals surface area contributed by atoms with Gasteiger partial charge in [-0.1, -0.05) is 44.0 Å². The van der Waals surface area contributed by atoms with Crippen LogP contribution in [0.25, 0.3) is 10.9 Å². The lowest BCUT2D eigenvalue weighted by Gasteiger charge is -2.34. The predicted molar refractivity (Wildman–Crippen MR) is 83.3 cm³/mol. The number of hydrogen-bond donors (Lipinski definition) is 1. The SMILES string of the molecule is CC(C)(C)C1CCc2[nH]c3c(Cl)cc(Cl)cc3c2C1. The Morgan fingerprint density at radius 3 is 2.63 bits per heavy atom. The molecular formula is C16H19Cl2N. The Labute approximate surface area is 124 Å². The van der Waals surface area contributed by atoms with E-state index < -0.39 is 0 Å². The van der Waals surface area contributed by atoms with Gasteiger partial charge >= 0.3 is 0 Å². The molecule has 2 aromatic rings. The van der Waals surface area contributed by atoms with Crippen LogP contribution in [0, 0.1) is 11.3 Å². The first-order valence-corrected chi connectivity index (χ1v) is 7.60. The highest BCUT2D eigenvalue weighted by Gasteiger charge is 2.30. The molecule has 0 fully saturated rings. The van der Waals surface area contributed by atoms with Gasteiger partial charge in [0, 0.05) is 16.1 Å². The highest BCUT2D eigenvalue weighted by molar-refractivity contribution is 6.38. The molecule has 0 amide bonds. The Morgan fingerprint density at radius 1 is 1.21 bits per heavy atom. The van der Waals surface area contributed by atoms with E-state index in [-0.39, 0.29) is 0 Å². The zero-order chi connectivity index (χ0) is 13.8. The number of aromatic amines is 1. The lowest BCUT2D eigenvalue weighted by molar-refractivity contribution is 0.216. The van der Waals surface area contributed by atoms with Gasteiger partial charge in [-0.2, -0.15) is 0 Å². The number of fused-ring (bicyclic) bond motifs is 3. The number of aryl methyl sites for hydroxylation is 1. The molecule has 0 aliphatic heterocycles. The Bertz CT molecular complexity index is 634. The first-order chi connectivity index (χ1) is 8.86. The molecule has 3 heteroatoms. The summed E-state index contributed by atoms with van der Waals surface area (Å²) in [7, 11) is 0. The third-order valence-electron chi connectivity index (χ3n) is 4.44. The fourth-order valence-corrected chi connectivity index (χ4v) is 3.72. The lowest BCUT2D eigenvalue weighted by Crippen LogP contribution is -2.26. The number of nitrogens with one attached hydrogen (secondary N) is 1. The van der Waals surface area contributed by atoms with Crippen LogP contribution >= 0.6 is 23.2 Å². The summed E-state index contributed by atoms with van der Waals surface area (Å²) in [5.74, 6) is 0.719. The second-order valence-electron chi connectivity index (χ2n) is 6.70. The normalized spacial score (nSPS) is 19.7. The van der Waals surface area contributed by atoms with Crippen molar-refractivity contribution in [3.8, 4) is 0 Å². The minimum atomic E-state index is 0.351. The topological polar surface area (TPSA) is 15.8 Å². The number of aromatic nitrogens is 1. The molecule has 1 aliphatic carbocycles. The van der Waals surface area contributed by atoms with Crippen LogP contribution in [0.2, 0.25) is 10.0 Å². The smallest absolute Gasteiger partial charge is 0.0662 e. The molecule has 1 nitrogen and oxygen atoms in total. The molecule has 1 aromatic heterocycles. The maximum absolute atomic E-state index is 6.29. The van der Waals surface area contributed by atoms with Gasteiger partial charge in [0.25, 0.3) is 0 Å². The monoisotopic (exact) mass is 295 g/mol. The molecule has 102 valence electrons. The summed E-state index contributed by atoms with van der Waals surface area (Å²) < 4.78 is 0. The second kappa shape index (κ2) is 4.43. The number of rotatable bonds is 0. The van der Waals surface area contributed by atoms with Crippen molar-refractivity contribution in [2.75, 3.05) is 0 Å². The molecule has 1 aromatic carbocycles. The molecule has 19 heavy (non-hydrogen) atoms. The number of benzene rings is 1. The van der Waals surface area contributed by atoms with Crippen LogP contribution in [0.15, 0.2) is 12.1 Å². The molecule has 1 aliphatic rings. The fourth-order valence-electron chi connectivity index (χ4n) is 3.18. The summed E-state index contributed by atoms with van der Waals surface area (Å²) in [4.78, 5) is 3.49. The Balaban J connectivity index is 2.13. The van der Waals surface area contributed by atoms with Gasteiger partial charge < -0.3 is 4.98 Å². The fraction of sp³-hybridized carbons (Fsp3) is 0.500. The summed E-state index contributed by atoms with van der Waals surface area (Å²) in [6, 6.07) is 3.86. The van der Waals surface area contributed by atoms with Gasteiger partial charge in [-0.25, -0.2) is 0 Å². The van der Waals surface area contributed by atoms with Crippen molar-refractivity contribution in [3.63, 3.8) is 0 Å². The van der Waals surface area contributed by atoms with Gasteiger partial charge in [0.05, 0.1) is 10.5 Å². The first-order valence-electron chi connectivity index (χ1n) is 6.84. The van der Waals surface area contributed by atoms with E-state index in [9.17, 15) is 0 Å². The number of H-pyrrole nitrogens is 1. The van der Waals surface area contributed by atoms with E-state index in [1.165, 1.54) is 23.1 Å². The van der Waals surface area contributed by atoms with Gasteiger partial charge in [0.15, 0.2) is 0 Å². The van der Waals surface area contributed by atoms with E-state index >= 15 is 0 Å².